The summed E-state index contributed by atoms with van der Waals surface area (Å²) in [5.74, 6) is -2.05. The molecule has 7 heteroatoms. The molecule has 0 unspecified atom stereocenters. The number of hydrogen-bond acceptors (Lipinski definition) is 5. The molecular weight excluding hydrogens is 396 g/mol. The number of carbonyl (C=O) groups is 4. The molecule has 180 valence electrons. The van der Waals surface area contributed by atoms with Crippen molar-refractivity contribution >= 4 is 23.6 Å². The first-order valence-corrected chi connectivity index (χ1v) is 12.0. The second-order valence-corrected chi connectivity index (χ2v) is 8.37. The molecule has 3 N–H and O–H groups in total. The van der Waals surface area contributed by atoms with Crippen molar-refractivity contribution in [3.8, 4) is 0 Å². The van der Waals surface area contributed by atoms with Crippen LogP contribution in [0.5, 0.6) is 0 Å². The van der Waals surface area contributed by atoms with Crippen molar-refractivity contribution in [1.29, 1.82) is 0 Å². The molecule has 0 bridgehead atoms. The van der Waals surface area contributed by atoms with E-state index in [1.807, 2.05) is 0 Å². The number of esters is 1. The van der Waals surface area contributed by atoms with Crippen molar-refractivity contribution < 1.29 is 23.9 Å². The van der Waals surface area contributed by atoms with Crippen molar-refractivity contribution in [2.75, 3.05) is 13.7 Å². The summed E-state index contributed by atoms with van der Waals surface area (Å²) in [7, 11) is 1.31. The highest BCUT2D eigenvalue weighted by Gasteiger charge is 2.23. The van der Waals surface area contributed by atoms with Gasteiger partial charge in [0.15, 0.2) is 0 Å². The number of rotatable bonds is 21. The monoisotopic (exact) mass is 440 g/mol. The van der Waals surface area contributed by atoms with Crippen molar-refractivity contribution in [1.82, 2.24) is 5.32 Å². The lowest BCUT2D eigenvalue weighted by atomic mass is 9.94. The minimum atomic E-state index is -0.740. The Bertz CT molecular complexity index is 522. The molecule has 0 aromatic heterocycles. The molecular formula is C24H44N2O5. The van der Waals surface area contributed by atoms with Gasteiger partial charge in [0.05, 0.1) is 13.0 Å². The topological polar surface area (TPSA) is 116 Å². The highest BCUT2D eigenvalue weighted by molar-refractivity contribution is 5.90. The number of carbonyl (C=O) groups excluding carboxylic acids is 4. The van der Waals surface area contributed by atoms with Crippen molar-refractivity contribution in [3.63, 3.8) is 0 Å². The van der Waals surface area contributed by atoms with E-state index < -0.39 is 11.8 Å². The normalized spacial score (nSPS) is 11.7. The smallest absolute Gasteiger partial charge is 0.305 e. The molecule has 2 amide bonds. The van der Waals surface area contributed by atoms with Gasteiger partial charge in [-0.05, 0) is 12.8 Å². The lowest BCUT2D eigenvalue weighted by molar-refractivity contribution is -0.140. The molecule has 0 heterocycles. The molecule has 31 heavy (non-hydrogen) atoms. The number of unbranched alkanes of at least 4 members (excludes halogenated alkanes) is 10. The zero-order chi connectivity index (χ0) is 23.3. The molecule has 0 aromatic rings. The Kier molecular flexibility index (Phi) is 18.8. The van der Waals surface area contributed by atoms with Gasteiger partial charge in [-0.25, -0.2) is 0 Å². The summed E-state index contributed by atoms with van der Waals surface area (Å²) in [4.78, 5) is 46.9. The number of primary amides is 1. The van der Waals surface area contributed by atoms with Crippen LogP contribution < -0.4 is 11.1 Å². The molecule has 1 atom stereocenters. The third-order valence-electron chi connectivity index (χ3n) is 5.44. The van der Waals surface area contributed by atoms with Crippen molar-refractivity contribution in [2.24, 2.45) is 11.7 Å². The first-order chi connectivity index (χ1) is 14.9. The molecule has 0 saturated heterocycles. The third-order valence-corrected chi connectivity index (χ3v) is 5.44. The van der Waals surface area contributed by atoms with E-state index in [1.165, 1.54) is 58.5 Å². The van der Waals surface area contributed by atoms with E-state index in [2.05, 4.69) is 17.0 Å². The molecule has 0 fully saturated rings. The number of ketones is 1. The Labute approximate surface area is 188 Å². The predicted molar refractivity (Wildman–Crippen MR) is 122 cm³/mol. The highest BCUT2D eigenvalue weighted by atomic mass is 16.5. The van der Waals surface area contributed by atoms with Gasteiger partial charge in [-0.15, -0.1) is 0 Å². The van der Waals surface area contributed by atoms with Gasteiger partial charge >= 0.3 is 5.97 Å². The van der Waals surface area contributed by atoms with Gasteiger partial charge in [-0.3, -0.25) is 19.2 Å². The molecule has 7 nitrogen and oxygen atoms in total. The zero-order valence-electron chi connectivity index (χ0n) is 19.7. The Hall–Kier alpha value is -1.92. The number of amides is 2. The van der Waals surface area contributed by atoms with E-state index in [4.69, 9.17) is 5.73 Å². The number of nitrogens with one attached hydrogen (secondary N) is 1. The van der Waals surface area contributed by atoms with E-state index in [0.717, 1.165) is 19.3 Å². The van der Waals surface area contributed by atoms with Crippen LogP contribution in [0.25, 0.3) is 0 Å². The Balaban J connectivity index is 3.96. The van der Waals surface area contributed by atoms with Crippen LogP contribution >= 0.6 is 0 Å². The Morgan fingerprint density at radius 1 is 0.774 bits per heavy atom. The van der Waals surface area contributed by atoms with Crippen molar-refractivity contribution in [3.05, 3.63) is 0 Å². The average molecular weight is 441 g/mol. The molecule has 0 saturated carbocycles. The van der Waals surface area contributed by atoms with E-state index >= 15 is 0 Å². The summed E-state index contributed by atoms with van der Waals surface area (Å²) < 4.78 is 4.54. The summed E-state index contributed by atoms with van der Waals surface area (Å²) in [5.41, 5.74) is 5.24. The van der Waals surface area contributed by atoms with Gasteiger partial charge in [0.1, 0.15) is 5.78 Å². The second kappa shape index (κ2) is 20.0. The van der Waals surface area contributed by atoms with E-state index in [9.17, 15) is 19.2 Å². The fourth-order valence-corrected chi connectivity index (χ4v) is 3.55. The lowest BCUT2D eigenvalue weighted by Crippen LogP contribution is -2.35. The first kappa shape index (κ1) is 29.1. The van der Waals surface area contributed by atoms with Crippen molar-refractivity contribution in [2.45, 2.75) is 110 Å². The molecule has 0 rings (SSSR count). The van der Waals surface area contributed by atoms with Gasteiger partial charge in [-0.2, -0.15) is 0 Å². The van der Waals surface area contributed by atoms with Crippen LogP contribution in [0.4, 0.5) is 0 Å². The first-order valence-electron chi connectivity index (χ1n) is 12.0. The standard InChI is InChI=1S/C24H44N2O5/c1-3-4-5-6-7-8-9-10-11-12-13-15-21(27)18-20(19-22(25)28)24(30)26-17-14-16-23(29)31-2/h20H,3-19H2,1-2H3,(H2,25,28)(H,26,30)/t20-/m1/s1. The summed E-state index contributed by atoms with van der Waals surface area (Å²) >= 11 is 0. The molecule has 0 aliphatic carbocycles. The fourth-order valence-electron chi connectivity index (χ4n) is 3.55. The van der Waals surface area contributed by atoms with Gasteiger partial charge < -0.3 is 15.8 Å². The Morgan fingerprint density at radius 3 is 1.84 bits per heavy atom. The van der Waals surface area contributed by atoms with Crippen LogP contribution in [0.1, 0.15) is 110 Å². The second-order valence-electron chi connectivity index (χ2n) is 8.37. The van der Waals surface area contributed by atoms with E-state index in [0.29, 0.717) is 12.8 Å². The molecule has 0 radical (unpaired) electrons. The zero-order valence-corrected chi connectivity index (χ0v) is 19.7. The number of methoxy groups -OCH3 is 1. The Morgan fingerprint density at radius 2 is 1.32 bits per heavy atom. The van der Waals surface area contributed by atoms with Crippen LogP contribution in [0.15, 0.2) is 0 Å². The quantitative estimate of drug-likeness (QED) is 0.205. The predicted octanol–water partition coefficient (Wildman–Crippen LogP) is 4.21. The largest absolute Gasteiger partial charge is 0.469 e. The summed E-state index contributed by atoms with van der Waals surface area (Å²) in [6.07, 6.45) is 14.3. The van der Waals surface area contributed by atoms with Gasteiger partial charge in [0.25, 0.3) is 0 Å². The van der Waals surface area contributed by atoms with Crippen LogP contribution in [0, 0.1) is 5.92 Å². The maximum Gasteiger partial charge on any atom is 0.305 e. The van der Waals surface area contributed by atoms with Gasteiger partial charge in [0, 0.05) is 32.2 Å². The molecule has 0 aromatic carbocycles. The fraction of sp³-hybridized carbons (Fsp3) is 0.833. The van der Waals surface area contributed by atoms with E-state index in [-0.39, 0.29) is 43.5 Å². The minimum Gasteiger partial charge on any atom is -0.469 e. The minimum absolute atomic E-state index is 0.00751. The number of Topliss-reactive ketones (excluding diaryl/α,β-unsaturated/α-hetero) is 1. The SMILES string of the molecule is CCCCCCCCCCCCCC(=O)C[C@H](CC(N)=O)C(=O)NCCCC(=O)OC. The number of hydrogen-bond donors (Lipinski definition) is 2. The molecule has 0 spiro atoms. The summed E-state index contributed by atoms with van der Waals surface area (Å²) in [6, 6.07) is 0. The average Bonchev–Trinajstić information content (AvgIpc) is 2.73. The van der Waals surface area contributed by atoms with Gasteiger partial charge in [-0.1, -0.05) is 71.1 Å². The van der Waals surface area contributed by atoms with Crippen LogP contribution in [0.2, 0.25) is 0 Å². The van der Waals surface area contributed by atoms with Crippen LogP contribution in [0.3, 0.4) is 0 Å². The molecule has 0 aliphatic heterocycles. The van der Waals surface area contributed by atoms with E-state index in [1.54, 1.807) is 0 Å². The van der Waals surface area contributed by atoms with Crippen LogP contribution in [-0.4, -0.2) is 37.2 Å². The summed E-state index contributed by atoms with van der Waals surface area (Å²) in [6.45, 7) is 2.52. The number of ether oxygens (including phenoxy) is 1. The van der Waals surface area contributed by atoms with Crippen LogP contribution in [-0.2, 0) is 23.9 Å². The van der Waals surface area contributed by atoms with Gasteiger partial charge in [0.2, 0.25) is 11.8 Å². The number of nitrogens with two attached hydrogens (primary N) is 1. The summed E-state index contributed by atoms with van der Waals surface area (Å²) in [5, 5.41) is 2.68. The molecule has 0 aliphatic rings. The lowest BCUT2D eigenvalue weighted by Gasteiger charge is -2.15. The maximum atomic E-state index is 12.3. The highest BCUT2D eigenvalue weighted by Crippen LogP contribution is 2.15. The maximum absolute atomic E-state index is 12.3. The third kappa shape index (κ3) is 18.6.